The largest absolute Gasteiger partial charge is 0.460 e. The molecule has 0 aromatic carbocycles. The van der Waals surface area contributed by atoms with Gasteiger partial charge in [-0.15, -0.1) is 0 Å². The number of esters is 2. The number of rotatable bonds is 23. The Balaban J connectivity index is 0.000000973. The fraction of sp³-hybridized carbons (Fsp3) is 0.486. The molecule has 2 rings (SSSR count). The van der Waals surface area contributed by atoms with E-state index < -0.39 is 24.1 Å². The van der Waals surface area contributed by atoms with Crippen LogP contribution in [0.2, 0.25) is 0 Å². The summed E-state index contributed by atoms with van der Waals surface area (Å²) in [6, 6.07) is 3.33. The van der Waals surface area contributed by atoms with Gasteiger partial charge in [-0.25, -0.2) is 38.7 Å². The maximum absolute atomic E-state index is 11.7. The molecule has 2 aromatic rings. The fourth-order valence-electron chi connectivity index (χ4n) is 4.21. The molecule has 8 N–H and O–H groups in total. The van der Waals surface area contributed by atoms with E-state index in [0.29, 0.717) is 43.4 Å². The second kappa shape index (κ2) is 33.7. The van der Waals surface area contributed by atoms with Crippen LogP contribution < -0.4 is 37.6 Å². The van der Waals surface area contributed by atoms with Crippen molar-refractivity contribution in [3.8, 4) is 0 Å². The number of urea groups is 2. The number of aliphatic hydroxyl groups is 1. The zero-order valence-electron chi connectivity index (χ0n) is 32.9. The SMILES string of the molecule is C=CC(=O)OCCO.C=CC(=O)OCCOC(=O)NCCCCCCNC(=O)Nc1nc(C)cc(=O)[nH]1.Cc1cc(=O)cc(NC(=O)NCCCCCCN=C=O)[nH]1. The average molecular weight is 818 g/mol. The molecule has 21 heteroatoms. The maximum atomic E-state index is 11.7. The van der Waals surface area contributed by atoms with Crippen LogP contribution in [0.4, 0.5) is 26.1 Å². The van der Waals surface area contributed by atoms with Crippen LogP contribution in [-0.2, 0) is 28.6 Å². The first-order valence-corrected chi connectivity index (χ1v) is 18.4. The first-order chi connectivity index (χ1) is 27.8. The van der Waals surface area contributed by atoms with Gasteiger partial charge in [0.25, 0.3) is 5.56 Å². The Hall–Kier alpha value is -6.60. The number of aromatic amines is 2. The minimum atomic E-state index is -0.569. The number of anilines is 2. The number of hydrogen-bond donors (Lipinski definition) is 8. The summed E-state index contributed by atoms with van der Waals surface area (Å²) in [5.41, 5.74) is 0.717. The van der Waals surface area contributed by atoms with Crippen molar-refractivity contribution in [1.29, 1.82) is 0 Å². The quantitative estimate of drug-likeness (QED) is 0.0200. The number of ether oxygens (including phenoxy) is 3. The Labute approximate surface area is 335 Å². The molecular formula is C37H55N9O12. The second-order valence-electron chi connectivity index (χ2n) is 11.7. The summed E-state index contributed by atoms with van der Waals surface area (Å²) in [4.78, 5) is 101. The summed E-state index contributed by atoms with van der Waals surface area (Å²) in [7, 11) is 0. The van der Waals surface area contributed by atoms with E-state index in [-0.39, 0.29) is 49.4 Å². The summed E-state index contributed by atoms with van der Waals surface area (Å²) in [6.45, 7) is 11.7. The monoisotopic (exact) mass is 817 g/mol. The normalized spacial score (nSPS) is 9.64. The first kappa shape index (κ1) is 51.4. The van der Waals surface area contributed by atoms with E-state index in [1.165, 1.54) is 24.3 Å². The van der Waals surface area contributed by atoms with Crippen molar-refractivity contribution in [2.24, 2.45) is 4.99 Å². The van der Waals surface area contributed by atoms with Gasteiger partial charge in [-0.3, -0.25) is 25.2 Å². The number of amides is 5. The van der Waals surface area contributed by atoms with Crippen LogP contribution in [0.3, 0.4) is 0 Å². The van der Waals surface area contributed by atoms with Gasteiger partial charge < -0.3 is 40.3 Å². The highest BCUT2D eigenvalue weighted by molar-refractivity contribution is 5.88. The number of nitrogens with one attached hydrogen (secondary N) is 7. The number of carbonyl (C=O) groups excluding carboxylic acids is 6. The standard InChI is InChI=1S/C18H27N5O6.C14H20N4O3.C5H8O3/c1-3-15(25)28-10-11-29-18(27)20-9-7-5-4-6-8-19-17(26)23-16-21-13(2)12-14(24)22-16;1-11-8-12(20)9-13(17-11)18-14(21)16-7-5-3-2-4-6-15-10-19;1-2-5(7)8-4-3-6/h3,12H,1,4-11H2,2H3,(H,20,27)(H3,19,21,22,23,24,26);8-9H,2-7H2,1H3,(H3,16,17,18,20,21);2,6H,1,3-4H2. The van der Waals surface area contributed by atoms with Gasteiger partial charge in [0.1, 0.15) is 25.6 Å². The molecule has 58 heavy (non-hydrogen) atoms. The number of aliphatic hydroxyl groups excluding tert-OH is 1. The molecule has 21 nitrogen and oxygen atoms in total. The predicted octanol–water partition coefficient (Wildman–Crippen LogP) is 2.62. The van der Waals surface area contributed by atoms with Crippen LogP contribution in [0.25, 0.3) is 0 Å². The molecule has 0 atom stereocenters. The lowest BCUT2D eigenvalue weighted by molar-refractivity contribution is -0.139. The van der Waals surface area contributed by atoms with Crippen molar-refractivity contribution >= 4 is 47.9 Å². The molecule has 0 aliphatic carbocycles. The molecule has 0 fully saturated rings. The first-order valence-electron chi connectivity index (χ1n) is 18.4. The van der Waals surface area contributed by atoms with E-state index in [1.54, 1.807) is 13.8 Å². The van der Waals surface area contributed by atoms with Crippen molar-refractivity contribution in [3.63, 3.8) is 0 Å². The number of carbonyl (C=O) groups is 5. The Bertz CT molecular complexity index is 1740. The molecule has 0 saturated carbocycles. The molecule has 0 radical (unpaired) electrons. The molecule has 0 unspecified atom stereocenters. The number of nitrogens with zero attached hydrogens (tertiary/aromatic N) is 2. The van der Waals surface area contributed by atoms with E-state index in [9.17, 15) is 38.4 Å². The Kier molecular flexibility index (Phi) is 29.9. The van der Waals surface area contributed by atoms with Crippen molar-refractivity contribution in [1.82, 2.24) is 30.9 Å². The lowest BCUT2D eigenvalue weighted by Crippen LogP contribution is -2.31. The molecular weight excluding hydrogens is 762 g/mol. The summed E-state index contributed by atoms with van der Waals surface area (Å²) in [6.07, 6.45) is 9.90. The fourth-order valence-corrected chi connectivity index (χ4v) is 4.21. The van der Waals surface area contributed by atoms with Crippen LogP contribution in [0, 0.1) is 13.8 Å². The molecule has 2 aromatic heterocycles. The minimum Gasteiger partial charge on any atom is -0.460 e. The third kappa shape index (κ3) is 30.7. The third-order valence-electron chi connectivity index (χ3n) is 6.76. The number of isocyanates is 1. The number of aromatic nitrogens is 3. The van der Waals surface area contributed by atoms with Crippen LogP contribution in [0.5, 0.6) is 0 Å². The summed E-state index contributed by atoms with van der Waals surface area (Å²) < 4.78 is 13.8. The van der Waals surface area contributed by atoms with Gasteiger partial charge >= 0.3 is 30.1 Å². The maximum Gasteiger partial charge on any atom is 0.407 e. The zero-order chi connectivity index (χ0) is 43.4. The number of aliphatic imine (C=N–C) groups is 1. The van der Waals surface area contributed by atoms with Gasteiger partial charge in [-0.05, 0) is 39.5 Å². The van der Waals surface area contributed by atoms with Crippen molar-refractivity contribution in [3.05, 3.63) is 75.5 Å². The van der Waals surface area contributed by atoms with E-state index in [0.717, 1.165) is 63.5 Å². The summed E-state index contributed by atoms with van der Waals surface area (Å²) in [5, 5.41) is 21.1. The zero-order valence-corrected chi connectivity index (χ0v) is 32.9. The summed E-state index contributed by atoms with van der Waals surface area (Å²) >= 11 is 0. The van der Waals surface area contributed by atoms with Gasteiger partial charge in [-0.1, -0.05) is 38.8 Å². The van der Waals surface area contributed by atoms with Gasteiger partial charge in [0.2, 0.25) is 12.0 Å². The highest BCUT2D eigenvalue weighted by atomic mass is 16.6. The van der Waals surface area contributed by atoms with Gasteiger partial charge in [0.15, 0.2) is 5.43 Å². The van der Waals surface area contributed by atoms with E-state index in [4.69, 9.17) is 9.84 Å². The minimum absolute atomic E-state index is 0.0190. The number of alkyl carbamates (subject to hydrolysis) is 1. The molecule has 2 heterocycles. The van der Waals surface area contributed by atoms with Crippen molar-refractivity contribution < 1.29 is 48.1 Å². The number of aryl methyl sites for hydroxylation is 2. The van der Waals surface area contributed by atoms with Crippen molar-refractivity contribution in [2.75, 3.05) is 63.2 Å². The van der Waals surface area contributed by atoms with Crippen LogP contribution in [0.1, 0.15) is 62.8 Å². The van der Waals surface area contributed by atoms with Crippen LogP contribution in [0.15, 0.2) is 58.1 Å². The second-order valence-corrected chi connectivity index (χ2v) is 11.7. The van der Waals surface area contributed by atoms with Crippen LogP contribution in [-0.4, -0.2) is 109 Å². The summed E-state index contributed by atoms with van der Waals surface area (Å²) in [5.74, 6) is -0.588. The van der Waals surface area contributed by atoms with Gasteiger partial charge in [0, 0.05) is 61.4 Å². The third-order valence-corrected chi connectivity index (χ3v) is 6.76. The van der Waals surface area contributed by atoms with E-state index in [2.05, 4.69) is 69.2 Å². The molecule has 5 amide bonds. The van der Waals surface area contributed by atoms with Gasteiger partial charge in [0.05, 0.1) is 13.2 Å². The number of H-pyrrole nitrogens is 2. The molecule has 0 saturated heterocycles. The number of hydrogen-bond acceptors (Lipinski definition) is 14. The number of unbranched alkanes of at least 4 members (excludes halogenated alkanes) is 6. The van der Waals surface area contributed by atoms with E-state index >= 15 is 0 Å². The average Bonchev–Trinajstić information content (AvgIpc) is 3.17. The van der Waals surface area contributed by atoms with Crippen molar-refractivity contribution in [2.45, 2.75) is 65.2 Å². The topological polar surface area (TPSA) is 301 Å². The Morgan fingerprint density at radius 3 is 1.86 bits per heavy atom. The lowest BCUT2D eigenvalue weighted by atomic mass is 10.2. The molecule has 0 bridgehead atoms. The molecule has 320 valence electrons. The molecule has 0 aliphatic heterocycles. The van der Waals surface area contributed by atoms with Gasteiger partial charge in [-0.2, -0.15) is 0 Å². The molecule has 0 spiro atoms. The Morgan fingerprint density at radius 2 is 1.31 bits per heavy atom. The van der Waals surface area contributed by atoms with Crippen LogP contribution >= 0.6 is 0 Å². The predicted molar refractivity (Wildman–Crippen MR) is 214 cm³/mol. The highest BCUT2D eigenvalue weighted by Crippen LogP contribution is 2.02. The Morgan fingerprint density at radius 1 is 0.759 bits per heavy atom. The highest BCUT2D eigenvalue weighted by Gasteiger charge is 2.06. The smallest absolute Gasteiger partial charge is 0.407 e. The lowest BCUT2D eigenvalue weighted by Gasteiger charge is -2.08. The number of pyridine rings is 1. The molecule has 0 aliphatic rings. The van der Waals surface area contributed by atoms with E-state index in [1.807, 2.05) is 0 Å².